The molecule has 0 aliphatic carbocycles. The van der Waals surface area contributed by atoms with Gasteiger partial charge in [-0.25, -0.2) is 12.7 Å². The SMILES string of the molecule is CS(=O)(=O)N1CCC(CC#N)(n2cc(C(N)=O)c(Nc3ccccc3)n2)CC1. The highest BCUT2D eigenvalue weighted by Crippen LogP contribution is 2.35. The Morgan fingerprint density at radius 3 is 2.50 bits per heavy atom. The van der Waals surface area contributed by atoms with Gasteiger partial charge in [-0.05, 0) is 25.0 Å². The fourth-order valence-corrected chi connectivity index (χ4v) is 4.26. The van der Waals surface area contributed by atoms with E-state index in [0.717, 1.165) is 5.69 Å². The monoisotopic (exact) mass is 402 g/mol. The Labute approximate surface area is 163 Å². The predicted molar refractivity (Wildman–Crippen MR) is 104 cm³/mol. The maximum Gasteiger partial charge on any atom is 0.254 e. The van der Waals surface area contributed by atoms with Crippen molar-refractivity contribution in [2.75, 3.05) is 24.7 Å². The number of hydrogen-bond acceptors (Lipinski definition) is 6. The fourth-order valence-electron chi connectivity index (χ4n) is 3.42. The van der Waals surface area contributed by atoms with Crippen LogP contribution < -0.4 is 11.1 Å². The summed E-state index contributed by atoms with van der Waals surface area (Å²) in [5.41, 5.74) is 5.79. The van der Waals surface area contributed by atoms with Gasteiger partial charge in [-0.2, -0.15) is 10.4 Å². The summed E-state index contributed by atoms with van der Waals surface area (Å²) >= 11 is 0. The van der Waals surface area contributed by atoms with Crippen molar-refractivity contribution in [3.05, 3.63) is 42.1 Å². The molecule has 0 saturated carbocycles. The Morgan fingerprint density at radius 2 is 1.96 bits per heavy atom. The lowest BCUT2D eigenvalue weighted by Crippen LogP contribution is -2.47. The van der Waals surface area contributed by atoms with Gasteiger partial charge in [0.25, 0.3) is 5.91 Å². The summed E-state index contributed by atoms with van der Waals surface area (Å²) in [7, 11) is -3.30. The largest absolute Gasteiger partial charge is 0.365 e. The van der Waals surface area contributed by atoms with Gasteiger partial charge >= 0.3 is 0 Å². The predicted octanol–water partition coefficient (Wildman–Crippen LogP) is 1.39. The first kappa shape index (κ1) is 19.9. The average molecular weight is 402 g/mol. The van der Waals surface area contributed by atoms with Crippen LogP contribution in [0.25, 0.3) is 0 Å². The number of sulfonamides is 1. The second-order valence-corrected chi connectivity index (χ2v) is 8.89. The van der Waals surface area contributed by atoms with Crippen LogP contribution in [0.15, 0.2) is 36.5 Å². The molecule has 2 aromatic rings. The standard InChI is InChI=1S/C18H22N6O3S/c1-28(26,27)23-11-8-18(7-10-19,9-12-23)24-13-15(16(20)25)17(22-24)21-14-5-3-2-4-6-14/h2-6,13H,7-9,11-12H2,1H3,(H2,20,25)(H,21,22). The molecule has 10 heteroatoms. The number of primary amides is 1. The lowest BCUT2D eigenvalue weighted by atomic mass is 9.86. The number of amides is 1. The summed E-state index contributed by atoms with van der Waals surface area (Å²) in [5, 5.41) is 17.0. The highest BCUT2D eigenvalue weighted by Gasteiger charge is 2.40. The molecule has 148 valence electrons. The molecule has 28 heavy (non-hydrogen) atoms. The zero-order valence-electron chi connectivity index (χ0n) is 15.5. The topological polar surface area (TPSA) is 134 Å². The second kappa shape index (κ2) is 7.61. The number of rotatable bonds is 6. The Morgan fingerprint density at radius 1 is 1.32 bits per heavy atom. The van der Waals surface area contributed by atoms with Crippen molar-refractivity contribution >= 4 is 27.4 Å². The summed E-state index contributed by atoms with van der Waals surface area (Å²) in [4.78, 5) is 11.9. The van der Waals surface area contributed by atoms with Crippen LogP contribution >= 0.6 is 0 Å². The Balaban J connectivity index is 1.95. The number of anilines is 2. The number of carbonyl (C=O) groups is 1. The number of para-hydroxylation sites is 1. The normalized spacial score (nSPS) is 17.0. The van der Waals surface area contributed by atoms with Gasteiger partial charge in [-0.3, -0.25) is 9.48 Å². The first-order chi connectivity index (χ1) is 13.2. The van der Waals surface area contributed by atoms with Gasteiger partial charge in [-0.15, -0.1) is 0 Å². The minimum absolute atomic E-state index is 0.148. The van der Waals surface area contributed by atoms with Crippen LogP contribution in [0.4, 0.5) is 11.5 Å². The third-order valence-corrected chi connectivity index (χ3v) is 6.34. The number of carbonyl (C=O) groups excluding carboxylic acids is 1. The van der Waals surface area contributed by atoms with Crippen LogP contribution in [0.5, 0.6) is 0 Å². The number of aromatic nitrogens is 2. The molecule has 1 aliphatic rings. The van der Waals surface area contributed by atoms with E-state index >= 15 is 0 Å². The van der Waals surface area contributed by atoms with Crippen LogP contribution in [-0.2, 0) is 15.6 Å². The number of hydrogen-bond donors (Lipinski definition) is 2. The number of nitriles is 1. The van der Waals surface area contributed by atoms with E-state index in [1.54, 1.807) is 10.9 Å². The molecule has 0 atom stereocenters. The number of nitrogens with one attached hydrogen (secondary N) is 1. The number of nitrogens with zero attached hydrogens (tertiary/aromatic N) is 4. The Bertz CT molecular complexity index is 1000. The minimum Gasteiger partial charge on any atom is -0.365 e. The Kier molecular flexibility index (Phi) is 5.40. The van der Waals surface area contributed by atoms with E-state index in [9.17, 15) is 18.5 Å². The molecule has 3 rings (SSSR count). The molecule has 1 aromatic carbocycles. The maximum absolute atomic E-state index is 11.9. The molecule has 0 bridgehead atoms. The van der Waals surface area contributed by atoms with Crippen molar-refractivity contribution in [2.24, 2.45) is 5.73 Å². The molecule has 1 aliphatic heterocycles. The van der Waals surface area contributed by atoms with E-state index in [2.05, 4.69) is 16.5 Å². The summed E-state index contributed by atoms with van der Waals surface area (Å²) in [5.74, 6) is -0.327. The summed E-state index contributed by atoms with van der Waals surface area (Å²) in [6.45, 7) is 0.571. The number of nitrogens with two attached hydrogens (primary N) is 1. The molecule has 1 aromatic heterocycles. The van der Waals surface area contributed by atoms with E-state index < -0.39 is 21.5 Å². The molecular formula is C18H22N6O3S. The molecule has 1 fully saturated rings. The second-order valence-electron chi connectivity index (χ2n) is 6.91. The molecule has 9 nitrogen and oxygen atoms in total. The third-order valence-electron chi connectivity index (χ3n) is 5.03. The van der Waals surface area contributed by atoms with Gasteiger partial charge < -0.3 is 11.1 Å². The van der Waals surface area contributed by atoms with E-state index in [1.165, 1.54) is 10.6 Å². The maximum atomic E-state index is 11.9. The molecule has 1 saturated heterocycles. The van der Waals surface area contributed by atoms with Crippen LogP contribution in [0.3, 0.4) is 0 Å². The van der Waals surface area contributed by atoms with Gasteiger partial charge in [0.1, 0.15) is 5.56 Å². The van der Waals surface area contributed by atoms with E-state index in [4.69, 9.17) is 5.73 Å². The van der Waals surface area contributed by atoms with Crippen LogP contribution in [0.2, 0.25) is 0 Å². The van der Waals surface area contributed by atoms with Crippen LogP contribution in [0.1, 0.15) is 29.6 Å². The summed E-state index contributed by atoms with van der Waals surface area (Å²) in [6.07, 6.45) is 3.69. The van der Waals surface area contributed by atoms with E-state index in [0.29, 0.717) is 18.7 Å². The van der Waals surface area contributed by atoms with Gasteiger partial charge in [-0.1, -0.05) is 18.2 Å². The molecule has 2 heterocycles. The highest BCUT2D eigenvalue weighted by atomic mass is 32.2. The van der Waals surface area contributed by atoms with E-state index in [1.807, 2.05) is 30.3 Å². The summed E-state index contributed by atoms with van der Waals surface area (Å²) in [6, 6.07) is 11.4. The van der Waals surface area contributed by atoms with E-state index in [-0.39, 0.29) is 25.1 Å². The van der Waals surface area contributed by atoms with Gasteiger partial charge in [0.15, 0.2) is 5.82 Å². The van der Waals surface area contributed by atoms with Crippen molar-refractivity contribution < 1.29 is 13.2 Å². The number of benzene rings is 1. The molecule has 3 N–H and O–H groups in total. The van der Waals surface area contributed by atoms with Crippen LogP contribution in [0, 0.1) is 11.3 Å². The molecule has 0 radical (unpaired) electrons. The van der Waals surface area contributed by atoms with Crippen molar-refractivity contribution in [3.63, 3.8) is 0 Å². The lowest BCUT2D eigenvalue weighted by molar-refractivity contribution is 0.1000. The molecule has 0 unspecified atom stereocenters. The fraction of sp³-hybridized carbons (Fsp3) is 0.389. The van der Waals surface area contributed by atoms with Crippen molar-refractivity contribution in [2.45, 2.75) is 24.8 Å². The smallest absolute Gasteiger partial charge is 0.254 e. The molecular weight excluding hydrogens is 380 g/mol. The quantitative estimate of drug-likeness (QED) is 0.750. The van der Waals surface area contributed by atoms with Crippen molar-refractivity contribution in [1.82, 2.24) is 14.1 Å². The van der Waals surface area contributed by atoms with Crippen molar-refractivity contribution in [3.8, 4) is 6.07 Å². The minimum atomic E-state index is -3.30. The number of piperidine rings is 1. The highest BCUT2D eigenvalue weighted by molar-refractivity contribution is 7.88. The zero-order valence-corrected chi connectivity index (χ0v) is 16.3. The van der Waals surface area contributed by atoms with Gasteiger partial charge in [0, 0.05) is 25.0 Å². The van der Waals surface area contributed by atoms with Crippen LogP contribution in [-0.4, -0.2) is 47.8 Å². The summed E-state index contributed by atoms with van der Waals surface area (Å²) < 4.78 is 26.6. The first-order valence-corrected chi connectivity index (χ1v) is 10.6. The van der Waals surface area contributed by atoms with Crippen molar-refractivity contribution in [1.29, 1.82) is 5.26 Å². The zero-order chi connectivity index (χ0) is 20.4. The third kappa shape index (κ3) is 4.00. The average Bonchev–Trinajstić information content (AvgIpc) is 3.07. The Hall–Kier alpha value is -2.90. The molecule has 0 spiro atoms. The lowest BCUT2D eigenvalue weighted by Gasteiger charge is -2.39. The first-order valence-electron chi connectivity index (χ1n) is 8.79. The van der Waals surface area contributed by atoms with Gasteiger partial charge in [0.05, 0.1) is 24.3 Å². The van der Waals surface area contributed by atoms with Gasteiger partial charge in [0.2, 0.25) is 10.0 Å². The molecule has 1 amide bonds.